The van der Waals surface area contributed by atoms with E-state index < -0.39 is 5.56 Å². The zero-order valence-corrected chi connectivity index (χ0v) is 6.51. The number of rotatable bonds is 2. The van der Waals surface area contributed by atoms with Crippen molar-refractivity contribution in [2.45, 2.75) is 24.8 Å². The molecule has 0 aromatic carbocycles. The standard InChI is InChI=1S/C8H11ClO/c9-8(10)3-5-1-6-4-7(6)2-5/h1,5,7-8,10H,2-4H2. The van der Waals surface area contributed by atoms with Crippen LogP contribution in [0.4, 0.5) is 0 Å². The first kappa shape index (κ1) is 6.68. The van der Waals surface area contributed by atoms with Crippen molar-refractivity contribution in [1.82, 2.24) is 0 Å². The lowest BCUT2D eigenvalue weighted by molar-refractivity contribution is 0.226. The molecule has 1 nitrogen and oxygen atoms in total. The second-order valence-corrected chi connectivity index (χ2v) is 3.81. The Kier molecular flexibility index (Phi) is 1.50. The number of fused-ring (bicyclic) bond motifs is 1. The molecular weight excluding hydrogens is 148 g/mol. The van der Waals surface area contributed by atoms with Gasteiger partial charge in [-0.15, -0.1) is 0 Å². The van der Waals surface area contributed by atoms with Crippen LogP contribution in [0.25, 0.3) is 0 Å². The fraction of sp³-hybridized carbons (Fsp3) is 0.750. The molecule has 2 aliphatic rings. The molecule has 0 aromatic heterocycles. The van der Waals surface area contributed by atoms with Crippen LogP contribution >= 0.6 is 11.6 Å². The Balaban J connectivity index is 1.86. The first-order chi connectivity index (χ1) is 4.75. The van der Waals surface area contributed by atoms with Gasteiger partial charge in [0.1, 0.15) is 5.56 Å². The van der Waals surface area contributed by atoms with Gasteiger partial charge in [-0.25, -0.2) is 0 Å². The van der Waals surface area contributed by atoms with Gasteiger partial charge in [0.25, 0.3) is 0 Å². The fourth-order valence-corrected chi connectivity index (χ4v) is 2.04. The Bertz CT molecular complexity index is 174. The van der Waals surface area contributed by atoms with Gasteiger partial charge in [-0.1, -0.05) is 23.3 Å². The molecule has 3 atom stereocenters. The highest BCUT2D eigenvalue weighted by molar-refractivity contribution is 6.19. The third-order valence-electron chi connectivity index (χ3n) is 2.38. The summed E-state index contributed by atoms with van der Waals surface area (Å²) in [6.07, 6.45) is 5.58. The predicted octanol–water partition coefficient (Wildman–Crippen LogP) is 1.90. The van der Waals surface area contributed by atoms with E-state index in [0.29, 0.717) is 5.92 Å². The van der Waals surface area contributed by atoms with E-state index in [1.807, 2.05) is 0 Å². The maximum absolute atomic E-state index is 8.85. The first-order valence-electron chi connectivity index (χ1n) is 3.78. The van der Waals surface area contributed by atoms with Crippen LogP contribution in [0.5, 0.6) is 0 Å². The minimum absolute atomic E-state index is 0.571. The molecule has 0 aromatic rings. The van der Waals surface area contributed by atoms with Gasteiger partial charge >= 0.3 is 0 Å². The van der Waals surface area contributed by atoms with Gasteiger partial charge in [0.15, 0.2) is 0 Å². The largest absolute Gasteiger partial charge is 0.378 e. The van der Waals surface area contributed by atoms with E-state index in [1.54, 1.807) is 5.57 Å². The Hall–Kier alpha value is -0.0100. The van der Waals surface area contributed by atoms with E-state index in [0.717, 1.165) is 12.3 Å². The highest BCUT2D eigenvalue weighted by Gasteiger charge is 2.37. The summed E-state index contributed by atoms with van der Waals surface area (Å²) in [6.45, 7) is 0. The second-order valence-electron chi connectivity index (χ2n) is 3.31. The number of hydrogen-bond acceptors (Lipinski definition) is 1. The summed E-state index contributed by atoms with van der Waals surface area (Å²) >= 11 is 5.45. The molecule has 3 unspecified atom stereocenters. The number of allylic oxidation sites excluding steroid dienone is 2. The molecule has 0 aliphatic heterocycles. The number of aliphatic hydroxyl groups is 1. The Morgan fingerprint density at radius 3 is 3.10 bits per heavy atom. The number of alkyl halides is 1. The van der Waals surface area contributed by atoms with E-state index in [2.05, 4.69) is 6.08 Å². The zero-order valence-electron chi connectivity index (χ0n) is 5.76. The van der Waals surface area contributed by atoms with Gasteiger partial charge in [-0.2, -0.15) is 0 Å². The average Bonchev–Trinajstić information content (AvgIpc) is 2.39. The van der Waals surface area contributed by atoms with E-state index in [-0.39, 0.29) is 0 Å². The van der Waals surface area contributed by atoms with Crippen molar-refractivity contribution in [1.29, 1.82) is 0 Å². The van der Waals surface area contributed by atoms with Crippen LogP contribution in [0.1, 0.15) is 19.3 Å². The quantitative estimate of drug-likeness (QED) is 0.481. The molecule has 1 fully saturated rings. The van der Waals surface area contributed by atoms with Crippen LogP contribution < -0.4 is 0 Å². The number of hydrogen-bond donors (Lipinski definition) is 1. The average molecular weight is 159 g/mol. The van der Waals surface area contributed by atoms with E-state index >= 15 is 0 Å². The molecule has 0 amide bonds. The van der Waals surface area contributed by atoms with Crippen molar-refractivity contribution >= 4 is 11.6 Å². The molecule has 1 N–H and O–H groups in total. The summed E-state index contributed by atoms with van der Waals surface area (Å²) in [5, 5.41) is 8.85. The van der Waals surface area contributed by atoms with Gasteiger partial charge in [-0.05, 0) is 31.1 Å². The number of aliphatic hydroxyl groups excluding tert-OH is 1. The molecule has 2 heteroatoms. The Morgan fingerprint density at radius 1 is 1.80 bits per heavy atom. The molecule has 0 heterocycles. The first-order valence-corrected chi connectivity index (χ1v) is 4.22. The molecule has 2 rings (SSSR count). The fourth-order valence-electron chi connectivity index (χ4n) is 1.81. The molecule has 0 radical (unpaired) electrons. The summed E-state index contributed by atoms with van der Waals surface area (Å²) in [6, 6.07) is 0. The molecule has 56 valence electrons. The molecule has 1 saturated carbocycles. The van der Waals surface area contributed by atoms with E-state index in [9.17, 15) is 0 Å². The maximum atomic E-state index is 8.85. The second kappa shape index (κ2) is 2.24. The van der Waals surface area contributed by atoms with E-state index in [1.165, 1.54) is 12.8 Å². The van der Waals surface area contributed by atoms with Crippen LogP contribution in [0.2, 0.25) is 0 Å². The molecule has 2 aliphatic carbocycles. The number of halogens is 1. The lowest BCUT2D eigenvalue weighted by Crippen LogP contribution is -2.04. The van der Waals surface area contributed by atoms with Crippen molar-refractivity contribution in [3.63, 3.8) is 0 Å². The van der Waals surface area contributed by atoms with Crippen molar-refractivity contribution in [2.24, 2.45) is 11.8 Å². The smallest absolute Gasteiger partial charge is 0.128 e. The lowest BCUT2D eigenvalue weighted by atomic mass is 10.0. The molecule has 0 bridgehead atoms. The minimum atomic E-state index is -0.639. The molecule has 10 heavy (non-hydrogen) atoms. The summed E-state index contributed by atoms with van der Waals surface area (Å²) in [7, 11) is 0. The van der Waals surface area contributed by atoms with Gasteiger partial charge < -0.3 is 5.11 Å². The highest BCUT2D eigenvalue weighted by Crippen LogP contribution is 2.50. The molecule has 0 spiro atoms. The SMILES string of the molecule is OC(Cl)CC1C=C2CC2C1. The summed E-state index contributed by atoms with van der Waals surface area (Å²) < 4.78 is 0. The van der Waals surface area contributed by atoms with Crippen molar-refractivity contribution in [3.05, 3.63) is 11.6 Å². The van der Waals surface area contributed by atoms with Crippen molar-refractivity contribution < 1.29 is 5.11 Å². The van der Waals surface area contributed by atoms with Crippen molar-refractivity contribution in [2.75, 3.05) is 0 Å². The van der Waals surface area contributed by atoms with Crippen LogP contribution in [0.15, 0.2) is 11.6 Å². The molecule has 0 saturated heterocycles. The van der Waals surface area contributed by atoms with Crippen LogP contribution in [0.3, 0.4) is 0 Å². The van der Waals surface area contributed by atoms with Crippen LogP contribution in [0, 0.1) is 11.8 Å². The summed E-state index contributed by atoms with van der Waals surface area (Å²) in [5.41, 5.74) is 0.960. The van der Waals surface area contributed by atoms with Crippen LogP contribution in [-0.4, -0.2) is 10.7 Å². The van der Waals surface area contributed by atoms with Crippen LogP contribution in [-0.2, 0) is 0 Å². The topological polar surface area (TPSA) is 20.2 Å². The zero-order chi connectivity index (χ0) is 7.14. The Labute approximate surface area is 65.7 Å². The van der Waals surface area contributed by atoms with Gasteiger partial charge in [0.2, 0.25) is 0 Å². The van der Waals surface area contributed by atoms with Gasteiger partial charge in [0, 0.05) is 0 Å². The normalized spacial score (nSPS) is 38.8. The summed E-state index contributed by atoms with van der Waals surface area (Å²) in [5.74, 6) is 1.45. The maximum Gasteiger partial charge on any atom is 0.128 e. The molecular formula is C8H11ClO. The Morgan fingerprint density at radius 2 is 2.60 bits per heavy atom. The summed E-state index contributed by atoms with van der Waals surface area (Å²) in [4.78, 5) is 0. The third-order valence-corrected chi connectivity index (χ3v) is 2.56. The monoisotopic (exact) mass is 158 g/mol. The van der Waals surface area contributed by atoms with Crippen molar-refractivity contribution in [3.8, 4) is 0 Å². The lowest BCUT2D eigenvalue weighted by Gasteiger charge is -2.08. The van der Waals surface area contributed by atoms with Gasteiger partial charge in [0.05, 0.1) is 0 Å². The minimum Gasteiger partial charge on any atom is -0.378 e. The predicted molar refractivity (Wildman–Crippen MR) is 40.8 cm³/mol. The highest BCUT2D eigenvalue weighted by atomic mass is 35.5. The van der Waals surface area contributed by atoms with Gasteiger partial charge in [-0.3, -0.25) is 0 Å². The van der Waals surface area contributed by atoms with E-state index in [4.69, 9.17) is 16.7 Å². The third kappa shape index (κ3) is 1.21.